The van der Waals surface area contributed by atoms with Gasteiger partial charge in [-0.15, -0.1) is 0 Å². The third-order valence-electron chi connectivity index (χ3n) is 4.66. The fourth-order valence-electron chi connectivity index (χ4n) is 3.31. The molecule has 6 heteroatoms. The zero-order valence-electron chi connectivity index (χ0n) is 16.2. The van der Waals surface area contributed by atoms with Gasteiger partial charge >= 0.3 is 0 Å². The lowest BCUT2D eigenvalue weighted by Crippen LogP contribution is -2.19. The summed E-state index contributed by atoms with van der Waals surface area (Å²) in [7, 11) is 1.97. The van der Waals surface area contributed by atoms with Crippen molar-refractivity contribution in [2.45, 2.75) is 20.4 Å². The predicted molar refractivity (Wildman–Crippen MR) is 110 cm³/mol. The number of pyridine rings is 1. The van der Waals surface area contributed by atoms with Crippen LogP contribution in [0.25, 0.3) is 16.9 Å². The van der Waals surface area contributed by atoms with Crippen molar-refractivity contribution in [3.8, 4) is 16.9 Å². The van der Waals surface area contributed by atoms with E-state index >= 15 is 0 Å². The van der Waals surface area contributed by atoms with E-state index in [4.69, 9.17) is 10.1 Å². The molecule has 0 bridgehead atoms. The molecule has 0 N–H and O–H groups in total. The number of para-hydroxylation sites is 1. The van der Waals surface area contributed by atoms with E-state index in [2.05, 4.69) is 29.0 Å². The Morgan fingerprint density at radius 3 is 2.43 bits per heavy atom. The molecule has 3 aromatic heterocycles. The molecule has 0 spiro atoms. The molecule has 0 aliphatic rings. The first-order valence-electron chi connectivity index (χ1n) is 9.19. The van der Waals surface area contributed by atoms with Gasteiger partial charge in [0.05, 0.1) is 35.0 Å². The Balaban J connectivity index is 1.67. The van der Waals surface area contributed by atoms with Crippen LogP contribution < -0.4 is 4.90 Å². The largest absolute Gasteiger partial charge is 0.338 e. The van der Waals surface area contributed by atoms with E-state index in [-0.39, 0.29) is 0 Å². The first-order chi connectivity index (χ1) is 13.6. The van der Waals surface area contributed by atoms with Crippen molar-refractivity contribution in [1.29, 1.82) is 0 Å². The van der Waals surface area contributed by atoms with E-state index < -0.39 is 0 Å². The normalized spacial score (nSPS) is 10.8. The Morgan fingerprint density at radius 2 is 1.68 bits per heavy atom. The number of aromatic nitrogens is 5. The molecule has 0 unspecified atom stereocenters. The van der Waals surface area contributed by atoms with Crippen molar-refractivity contribution in [3.05, 3.63) is 84.1 Å². The monoisotopic (exact) mass is 370 g/mol. The van der Waals surface area contributed by atoms with Gasteiger partial charge in [0.25, 0.3) is 0 Å². The molecular formula is C22H22N6. The van der Waals surface area contributed by atoms with Gasteiger partial charge in [0.15, 0.2) is 0 Å². The lowest BCUT2D eigenvalue weighted by Gasteiger charge is -2.17. The number of anilines is 1. The van der Waals surface area contributed by atoms with Crippen LogP contribution in [0.15, 0.2) is 67.0 Å². The summed E-state index contributed by atoms with van der Waals surface area (Å²) >= 11 is 0. The molecule has 0 saturated heterocycles. The van der Waals surface area contributed by atoms with Crippen LogP contribution in [0.3, 0.4) is 0 Å². The molecule has 0 amide bonds. The lowest BCUT2D eigenvalue weighted by molar-refractivity contribution is 0.833. The Kier molecular flexibility index (Phi) is 4.85. The molecule has 0 atom stereocenters. The molecule has 6 nitrogen and oxygen atoms in total. The van der Waals surface area contributed by atoms with Crippen LogP contribution >= 0.6 is 0 Å². The Bertz CT molecular complexity index is 1070. The minimum atomic E-state index is 0.644. The average Bonchev–Trinajstić information content (AvgIpc) is 3.03. The molecule has 0 radical (unpaired) electrons. The van der Waals surface area contributed by atoms with E-state index in [1.165, 1.54) is 0 Å². The molecule has 4 aromatic rings. The summed E-state index contributed by atoms with van der Waals surface area (Å²) in [5, 5.41) is 4.73. The van der Waals surface area contributed by atoms with Gasteiger partial charge in [-0.25, -0.2) is 14.6 Å². The van der Waals surface area contributed by atoms with E-state index in [1.807, 2.05) is 66.0 Å². The molecule has 0 fully saturated rings. The van der Waals surface area contributed by atoms with Gasteiger partial charge in [-0.1, -0.05) is 24.3 Å². The fraction of sp³-hybridized carbons (Fsp3) is 0.182. The smallest absolute Gasteiger partial charge is 0.225 e. The third-order valence-corrected chi connectivity index (χ3v) is 4.66. The highest BCUT2D eigenvalue weighted by atomic mass is 15.3. The predicted octanol–water partition coefficient (Wildman–Crippen LogP) is 3.98. The summed E-state index contributed by atoms with van der Waals surface area (Å²) < 4.78 is 1.96. The van der Waals surface area contributed by atoms with Crippen LogP contribution in [-0.2, 0) is 6.54 Å². The quantitative estimate of drug-likeness (QED) is 0.532. The number of rotatable bonds is 5. The molecule has 1 aromatic carbocycles. The fourth-order valence-corrected chi connectivity index (χ4v) is 3.31. The highest BCUT2D eigenvalue weighted by molar-refractivity contribution is 5.66. The second-order valence-corrected chi connectivity index (χ2v) is 6.71. The molecule has 0 aliphatic carbocycles. The van der Waals surface area contributed by atoms with Crippen LogP contribution in [0.1, 0.15) is 17.1 Å². The van der Waals surface area contributed by atoms with E-state index in [0.717, 1.165) is 34.0 Å². The van der Waals surface area contributed by atoms with E-state index in [9.17, 15) is 0 Å². The first-order valence-corrected chi connectivity index (χ1v) is 9.19. The van der Waals surface area contributed by atoms with Gasteiger partial charge in [-0.3, -0.25) is 4.98 Å². The average molecular weight is 370 g/mol. The van der Waals surface area contributed by atoms with Gasteiger partial charge in [0, 0.05) is 25.0 Å². The summed E-state index contributed by atoms with van der Waals surface area (Å²) in [5.41, 5.74) is 5.92. The molecule has 0 aliphatic heterocycles. The minimum absolute atomic E-state index is 0.644. The maximum Gasteiger partial charge on any atom is 0.225 e. The summed E-state index contributed by atoms with van der Waals surface area (Å²) in [4.78, 5) is 15.6. The number of hydrogen-bond acceptors (Lipinski definition) is 5. The number of benzene rings is 1. The molecular weight excluding hydrogens is 348 g/mol. The first kappa shape index (κ1) is 17.9. The van der Waals surface area contributed by atoms with Crippen molar-refractivity contribution < 1.29 is 0 Å². The summed E-state index contributed by atoms with van der Waals surface area (Å²) in [5.74, 6) is 0.661. The number of nitrogens with zero attached hydrogens (tertiary/aromatic N) is 6. The molecule has 0 saturated carbocycles. The minimum Gasteiger partial charge on any atom is -0.338 e. The second-order valence-electron chi connectivity index (χ2n) is 6.71. The van der Waals surface area contributed by atoms with Crippen LogP contribution in [0.2, 0.25) is 0 Å². The zero-order valence-corrected chi connectivity index (χ0v) is 16.2. The standard InChI is InChI=1S/C22H22N6/c1-16-21(17(2)28(26-16)19-10-5-4-6-11-19)20-12-14-24-22(25-20)27(3)15-18-9-7-8-13-23-18/h4-14H,15H2,1-3H3. The Morgan fingerprint density at radius 1 is 0.893 bits per heavy atom. The van der Waals surface area contributed by atoms with Gasteiger partial charge in [-0.2, -0.15) is 5.10 Å². The molecule has 28 heavy (non-hydrogen) atoms. The van der Waals surface area contributed by atoms with Crippen LogP contribution in [0.5, 0.6) is 0 Å². The van der Waals surface area contributed by atoms with Crippen LogP contribution in [0.4, 0.5) is 5.95 Å². The van der Waals surface area contributed by atoms with E-state index in [1.54, 1.807) is 12.4 Å². The summed E-state index contributed by atoms with van der Waals surface area (Å²) in [6, 6.07) is 18.0. The van der Waals surface area contributed by atoms with Crippen LogP contribution in [-0.4, -0.2) is 31.8 Å². The Hall–Kier alpha value is -3.54. The van der Waals surface area contributed by atoms with Crippen LogP contribution in [0, 0.1) is 13.8 Å². The zero-order chi connectivity index (χ0) is 19.5. The second kappa shape index (κ2) is 7.60. The van der Waals surface area contributed by atoms with Crippen molar-refractivity contribution >= 4 is 5.95 Å². The number of hydrogen-bond donors (Lipinski definition) is 0. The van der Waals surface area contributed by atoms with Crippen molar-refractivity contribution in [2.24, 2.45) is 0 Å². The molecule has 4 rings (SSSR count). The van der Waals surface area contributed by atoms with Crippen molar-refractivity contribution in [3.63, 3.8) is 0 Å². The number of aryl methyl sites for hydroxylation is 1. The maximum absolute atomic E-state index is 4.80. The lowest BCUT2D eigenvalue weighted by atomic mass is 10.1. The highest BCUT2D eigenvalue weighted by Gasteiger charge is 2.17. The van der Waals surface area contributed by atoms with E-state index in [0.29, 0.717) is 12.5 Å². The highest BCUT2D eigenvalue weighted by Crippen LogP contribution is 2.28. The summed E-state index contributed by atoms with van der Waals surface area (Å²) in [6.07, 6.45) is 3.59. The van der Waals surface area contributed by atoms with Gasteiger partial charge < -0.3 is 4.90 Å². The van der Waals surface area contributed by atoms with Crippen molar-refractivity contribution in [1.82, 2.24) is 24.7 Å². The Labute approximate surface area is 164 Å². The van der Waals surface area contributed by atoms with Gasteiger partial charge in [0.1, 0.15) is 0 Å². The van der Waals surface area contributed by atoms with Crippen molar-refractivity contribution in [2.75, 3.05) is 11.9 Å². The topological polar surface area (TPSA) is 59.7 Å². The van der Waals surface area contributed by atoms with Gasteiger partial charge in [-0.05, 0) is 44.2 Å². The molecule has 3 heterocycles. The maximum atomic E-state index is 4.80. The molecule has 140 valence electrons. The third kappa shape index (κ3) is 3.49. The van der Waals surface area contributed by atoms with Gasteiger partial charge in [0.2, 0.25) is 5.95 Å². The SMILES string of the molecule is Cc1nn(-c2ccccc2)c(C)c1-c1ccnc(N(C)Cc2ccccn2)n1. The summed E-state index contributed by atoms with van der Waals surface area (Å²) in [6.45, 7) is 4.73.